The summed E-state index contributed by atoms with van der Waals surface area (Å²) < 4.78 is 6.97. The maximum atomic E-state index is 6.02. The van der Waals surface area contributed by atoms with E-state index in [2.05, 4.69) is 10.9 Å². The second-order valence-corrected chi connectivity index (χ2v) is 3.99. The minimum Gasteiger partial charge on any atom is -0.496 e. The van der Waals surface area contributed by atoms with Crippen LogP contribution in [-0.4, -0.2) is 16.7 Å². The number of aromatic nitrogens is 2. The Hall–Kier alpha value is -2.41. The van der Waals surface area contributed by atoms with E-state index in [1.54, 1.807) is 18.0 Å². The Morgan fingerprint density at radius 2 is 2.28 bits per heavy atom. The molecule has 0 aliphatic heterocycles. The third-order valence-corrected chi connectivity index (χ3v) is 2.81. The van der Waals surface area contributed by atoms with Crippen molar-refractivity contribution in [3.8, 4) is 29.4 Å². The first-order chi connectivity index (χ1) is 8.67. The number of ether oxygens (including phenoxy) is 1. The number of nitrogens with zero attached hydrogens (tertiary/aromatic N) is 2. The second-order valence-electron chi connectivity index (χ2n) is 3.99. The largest absolute Gasteiger partial charge is 0.496 e. The van der Waals surface area contributed by atoms with Crippen LogP contribution in [0.15, 0.2) is 24.5 Å². The van der Waals surface area contributed by atoms with Crippen molar-refractivity contribution in [3.05, 3.63) is 30.1 Å². The highest BCUT2D eigenvalue weighted by atomic mass is 16.5. The van der Waals surface area contributed by atoms with Gasteiger partial charge in [-0.05, 0) is 30.7 Å². The molecule has 0 saturated heterocycles. The quantitative estimate of drug-likeness (QED) is 0.837. The van der Waals surface area contributed by atoms with Crippen molar-refractivity contribution < 1.29 is 4.74 Å². The Morgan fingerprint density at radius 1 is 1.50 bits per heavy atom. The minimum absolute atomic E-state index is 0.425. The van der Waals surface area contributed by atoms with Gasteiger partial charge in [-0.15, -0.1) is 6.42 Å². The fourth-order valence-electron chi connectivity index (χ4n) is 1.86. The van der Waals surface area contributed by atoms with Gasteiger partial charge in [0.05, 0.1) is 20.0 Å². The Balaban J connectivity index is 2.43. The molecule has 0 aliphatic carbocycles. The van der Waals surface area contributed by atoms with Crippen molar-refractivity contribution in [1.82, 2.24) is 9.55 Å². The number of aryl methyl sites for hydroxylation is 1. The number of hydrogen-bond acceptors (Lipinski definition) is 3. The molecule has 1 heterocycles. The topological polar surface area (TPSA) is 53.1 Å². The molecule has 92 valence electrons. The van der Waals surface area contributed by atoms with Crippen molar-refractivity contribution >= 4 is 5.82 Å². The normalized spacial score (nSPS) is 10.1. The lowest BCUT2D eigenvalue weighted by Gasteiger charge is -2.07. The molecule has 0 saturated carbocycles. The molecule has 0 aliphatic rings. The molecule has 1 aromatic carbocycles. The number of methoxy groups -OCH3 is 1. The third kappa shape index (κ3) is 2.03. The van der Waals surface area contributed by atoms with E-state index in [4.69, 9.17) is 16.9 Å². The van der Waals surface area contributed by atoms with Crippen LogP contribution in [0.4, 0.5) is 5.82 Å². The Kier molecular flexibility index (Phi) is 3.24. The number of imidazole rings is 1. The molecule has 18 heavy (non-hydrogen) atoms. The maximum absolute atomic E-state index is 6.02. The van der Waals surface area contributed by atoms with Crippen molar-refractivity contribution in [3.63, 3.8) is 0 Å². The standard InChI is InChI=1S/C14H15N3O/c1-4-7-17-9-16-13(14(17)15)11-5-6-12(18-3)10(2)8-11/h1,5-6,8-9H,7,15H2,2-3H3. The number of rotatable bonds is 3. The van der Waals surface area contributed by atoms with E-state index in [-0.39, 0.29) is 0 Å². The molecule has 0 amide bonds. The van der Waals surface area contributed by atoms with Crippen molar-refractivity contribution in [2.24, 2.45) is 0 Å². The fourth-order valence-corrected chi connectivity index (χ4v) is 1.86. The molecule has 2 rings (SSSR count). The number of terminal acetylenes is 1. The SMILES string of the molecule is C#CCn1cnc(-c2ccc(OC)c(C)c2)c1N. The highest BCUT2D eigenvalue weighted by molar-refractivity contribution is 5.71. The van der Waals surface area contributed by atoms with Crippen LogP contribution in [-0.2, 0) is 6.54 Å². The van der Waals surface area contributed by atoms with Crippen LogP contribution in [0.3, 0.4) is 0 Å². The summed E-state index contributed by atoms with van der Waals surface area (Å²) in [6.45, 7) is 2.41. The molecular weight excluding hydrogens is 226 g/mol. The van der Waals surface area contributed by atoms with Crippen molar-refractivity contribution in [2.75, 3.05) is 12.8 Å². The predicted molar refractivity (Wildman–Crippen MR) is 72.2 cm³/mol. The average Bonchev–Trinajstić information content (AvgIpc) is 2.72. The number of nitrogens with two attached hydrogens (primary N) is 1. The van der Waals surface area contributed by atoms with E-state index in [0.717, 1.165) is 22.6 Å². The molecule has 2 N–H and O–H groups in total. The lowest BCUT2D eigenvalue weighted by molar-refractivity contribution is 0.412. The summed E-state index contributed by atoms with van der Waals surface area (Å²) >= 11 is 0. The molecule has 0 radical (unpaired) electrons. The minimum atomic E-state index is 0.425. The van der Waals surface area contributed by atoms with Gasteiger partial charge in [-0.25, -0.2) is 4.98 Å². The summed E-state index contributed by atoms with van der Waals surface area (Å²) in [5.41, 5.74) is 8.76. The molecule has 4 heteroatoms. The number of nitrogen functional groups attached to an aromatic ring is 1. The van der Waals surface area contributed by atoms with Crippen molar-refractivity contribution in [1.29, 1.82) is 0 Å². The summed E-state index contributed by atoms with van der Waals surface area (Å²) in [5.74, 6) is 3.97. The monoisotopic (exact) mass is 241 g/mol. The number of hydrogen-bond donors (Lipinski definition) is 1. The number of benzene rings is 1. The summed E-state index contributed by atoms with van der Waals surface area (Å²) in [4.78, 5) is 4.30. The predicted octanol–water partition coefficient (Wildman–Crippen LogP) is 2.08. The first-order valence-corrected chi connectivity index (χ1v) is 5.56. The number of anilines is 1. The smallest absolute Gasteiger partial charge is 0.132 e. The second kappa shape index (κ2) is 4.84. The Bertz CT molecular complexity index is 608. The molecular formula is C14H15N3O. The fraction of sp³-hybridized carbons (Fsp3) is 0.214. The lowest BCUT2D eigenvalue weighted by atomic mass is 10.1. The van der Waals surface area contributed by atoms with Crippen LogP contribution in [0, 0.1) is 19.3 Å². The zero-order valence-electron chi connectivity index (χ0n) is 10.5. The Labute approximate surface area is 106 Å². The molecule has 2 aromatic rings. The molecule has 0 fully saturated rings. The summed E-state index contributed by atoms with van der Waals surface area (Å²) in [6, 6.07) is 5.84. The van der Waals surface area contributed by atoms with E-state index in [1.165, 1.54) is 0 Å². The molecule has 4 nitrogen and oxygen atoms in total. The summed E-state index contributed by atoms with van der Waals surface area (Å²) in [5, 5.41) is 0. The molecule has 1 aromatic heterocycles. The highest BCUT2D eigenvalue weighted by Crippen LogP contribution is 2.28. The van der Waals surface area contributed by atoms with Crippen LogP contribution < -0.4 is 10.5 Å². The van der Waals surface area contributed by atoms with E-state index >= 15 is 0 Å². The third-order valence-electron chi connectivity index (χ3n) is 2.81. The van der Waals surface area contributed by atoms with Crippen LogP contribution in [0.5, 0.6) is 5.75 Å². The van der Waals surface area contributed by atoms with Crippen LogP contribution in [0.1, 0.15) is 5.56 Å². The van der Waals surface area contributed by atoms with Gasteiger partial charge in [-0.1, -0.05) is 5.92 Å². The van der Waals surface area contributed by atoms with Crippen LogP contribution in [0.25, 0.3) is 11.3 Å². The van der Waals surface area contributed by atoms with Gasteiger partial charge in [0.25, 0.3) is 0 Å². The first kappa shape index (κ1) is 12.1. The van der Waals surface area contributed by atoms with Crippen molar-refractivity contribution in [2.45, 2.75) is 13.5 Å². The van der Waals surface area contributed by atoms with Gasteiger partial charge in [0.15, 0.2) is 0 Å². The molecule has 0 bridgehead atoms. The van der Waals surface area contributed by atoms with Gasteiger partial charge < -0.3 is 15.0 Å². The van der Waals surface area contributed by atoms with Gasteiger partial charge in [0.1, 0.15) is 17.3 Å². The van der Waals surface area contributed by atoms with E-state index in [1.807, 2.05) is 25.1 Å². The van der Waals surface area contributed by atoms with Gasteiger partial charge in [0, 0.05) is 5.56 Å². The average molecular weight is 241 g/mol. The highest BCUT2D eigenvalue weighted by Gasteiger charge is 2.10. The zero-order chi connectivity index (χ0) is 13.1. The van der Waals surface area contributed by atoms with E-state index in [0.29, 0.717) is 12.4 Å². The van der Waals surface area contributed by atoms with E-state index in [9.17, 15) is 0 Å². The van der Waals surface area contributed by atoms with Gasteiger partial charge in [-0.2, -0.15) is 0 Å². The Morgan fingerprint density at radius 3 is 2.89 bits per heavy atom. The van der Waals surface area contributed by atoms with Gasteiger partial charge in [-0.3, -0.25) is 0 Å². The lowest BCUT2D eigenvalue weighted by Crippen LogP contribution is -2.00. The van der Waals surface area contributed by atoms with Gasteiger partial charge in [0.2, 0.25) is 0 Å². The molecule has 0 atom stereocenters. The summed E-state index contributed by atoms with van der Waals surface area (Å²) in [6.07, 6.45) is 6.93. The maximum Gasteiger partial charge on any atom is 0.132 e. The first-order valence-electron chi connectivity index (χ1n) is 5.56. The van der Waals surface area contributed by atoms with Crippen LogP contribution in [0.2, 0.25) is 0 Å². The molecule has 0 spiro atoms. The van der Waals surface area contributed by atoms with Crippen LogP contribution >= 0.6 is 0 Å². The van der Waals surface area contributed by atoms with Gasteiger partial charge >= 0.3 is 0 Å². The van der Waals surface area contributed by atoms with E-state index < -0.39 is 0 Å². The summed E-state index contributed by atoms with van der Waals surface area (Å²) in [7, 11) is 1.65. The molecule has 0 unspecified atom stereocenters. The zero-order valence-corrected chi connectivity index (χ0v) is 10.5.